The molecule has 0 spiro atoms. The van der Waals surface area contributed by atoms with Gasteiger partial charge in [0.2, 0.25) is 11.9 Å². The number of rotatable bonds is 4. The first-order valence-corrected chi connectivity index (χ1v) is 6.26. The summed E-state index contributed by atoms with van der Waals surface area (Å²) in [5.41, 5.74) is 7.19. The van der Waals surface area contributed by atoms with Crippen LogP contribution in [0.2, 0.25) is 0 Å². The van der Waals surface area contributed by atoms with E-state index in [-0.39, 0.29) is 12.5 Å². The molecule has 0 fully saturated rings. The first-order valence-electron chi connectivity index (χ1n) is 6.26. The zero-order valence-corrected chi connectivity index (χ0v) is 11.3. The first kappa shape index (κ1) is 12.9. The lowest BCUT2D eigenvalue weighted by Crippen LogP contribution is -2.23. The number of nitrogens with two attached hydrogens (primary N) is 1. The van der Waals surface area contributed by atoms with Crippen molar-refractivity contribution in [2.24, 2.45) is 0 Å². The molecule has 3 heterocycles. The topological polar surface area (TPSA) is 127 Å². The number of amides is 1. The zero-order valence-electron chi connectivity index (χ0n) is 11.3. The number of aromatic amines is 1. The van der Waals surface area contributed by atoms with Crippen LogP contribution in [0.5, 0.6) is 0 Å². The lowest BCUT2D eigenvalue weighted by molar-refractivity contribution is -0.121. The van der Waals surface area contributed by atoms with E-state index >= 15 is 0 Å². The van der Waals surface area contributed by atoms with Gasteiger partial charge in [0.25, 0.3) is 0 Å². The molecule has 3 aromatic heterocycles. The van der Waals surface area contributed by atoms with E-state index in [0.717, 1.165) is 5.39 Å². The molecule has 5 N–H and O–H groups in total. The van der Waals surface area contributed by atoms with E-state index in [2.05, 4.69) is 30.7 Å². The number of H-pyrrole nitrogens is 1. The highest BCUT2D eigenvalue weighted by atomic mass is 16.1. The van der Waals surface area contributed by atoms with Gasteiger partial charge in [-0.2, -0.15) is 15.1 Å². The standard InChI is InChI=1S/C12H14N8O/c1-14-9(21)6-20-5-7(4-16-20)17-12-18-10(13)8-2-3-15-11(8)19-12/h2-5H,6H2,1H3,(H,14,21)(H4,13,15,17,18,19). The Kier molecular flexibility index (Phi) is 3.14. The van der Waals surface area contributed by atoms with Gasteiger partial charge < -0.3 is 21.4 Å². The molecule has 0 bridgehead atoms. The molecule has 3 rings (SSSR count). The molecule has 21 heavy (non-hydrogen) atoms. The molecule has 0 aliphatic rings. The highest BCUT2D eigenvalue weighted by Crippen LogP contribution is 2.20. The van der Waals surface area contributed by atoms with Crippen LogP contribution in [-0.2, 0) is 11.3 Å². The van der Waals surface area contributed by atoms with Gasteiger partial charge in [0.1, 0.15) is 18.0 Å². The number of nitrogen functional groups attached to an aromatic ring is 1. The number of anilines is 3. The predicted octanol–water partition coefficient (Wildman–Crippen LogP) is 0.226. The molecule has 3 aromatic rings. The fraction of sp³-hybridized carbons (Fsp3) is 0.167. The minimum absolute atomic E-state index is 0.127. The highest BCUT2D eigenvalue weighted by molar-refractivity contribution is 5.87. The van der Waals surface area contributed by atoms with Crippen molar-refractivity contribution >= 4 is 34.4 Å². The summed E-state index contributed by atoms with van der Waals surface area (Å²) in [4.78, 5) is 22.7. The van der Waals surface area contributed by atoms with E-state index in [4.69, 9.17) is 5.73 Å². The molecule has 0 aliphatic carbocycles. The molecule has 9 nitrogen and oxygen atoms in total. The maximum absolute atomic E-state index is 11.3. The van der Waals surface area contributed by atoms with Gasteiger partial charge in [0, 0.05) is 19.4 Å². The zero-order chi connectivity index (χ0) is 14.8. The average Bonchev–Trinajstić information content (AvgIpc) is 3.08. The van der Waals surface area contributed by atoms with Crippen LogP contribution in [0.1, 0.15) is 0 Å². The summed E-state index contributed by atoms with van der Waals surface area (Å²) in [5, 5.41) is 10.4. The largest absolute Gasteiger partial charge is 0.383 e. The molecule has 1 amide bonds. The third-order valence-electron chi connectivity index (χ3n) is 2.92. The molecule has 0 saturated heterocycles. The normalized spacial score (nSPS) is 10.7. The van der Waals surface area contributed by atoms with Crippen LogP contribution in [0.4, 0.5) is 17.5 Å². The average molecular weight is 286 g/mol. The molecular formula is C12H14N8O. The van der Waals surface area contributed by atoms with E-state index < -0.39 is 0 Å². The number of fused-ring (bicyclic) bond motifs is 1. The Labute approximate surface area is 119 Å². The third-order valence-corrected chi connectivity index (χ3v) is 2.92. The van der Waals surface area contributed by atoms with E-state index in [1.807, 2.05) is 6.07 Å². The fourth-order valence-electron chi connectivity index (χ4n) is 1.89. The van der Waals surface area contributed by atoms with Crippen LogP contribution >= 0.6 is 0 Å². The molecule has 0 radical (unpaired) electrons. The molecular weight excluding hydrogens is 272 g/mol. The minimum atomic E-state index is -0.127. The summed E-state index contributed by atoms with van der Waals surface area (Å²) in [5.74, 6) is 0.626. The quantitative estimate of drug-likeness (QED) is 0.543. The maximum atomic E-state index is 11.3. The summed E-state index contributed by atoms with van der Waals surface area (Å²) < 4.78 is 1.51. The summed E-state index contributed by atoms with van der Waals surface area (Å²) in [7, 11) is 1.58. The van der Waals surface area contributed by atoms with Crippen molar-refractivity contribution in [3.63, 3.8) is 0 Å². The lowest BCUT2D eigenvalue weighted by Gasteiger charge is -2.03. The number of carbonyl (C=O) groups is 1. The number of likely N-dealkylation sites (N-methyl/N-ethyl adjacent to an activating group) is 1. The lowest BCUT2D eigenvalue weighted by atomic mass is 10.4. The van der Waals surface area contributed by atoms with Gasteiger partial charge >= 0.3 is 0 Å². The second-order valence-electron chi connectivity index (χ2n) is 4.40. The number of aromatic nitrogens is 5. The van der Waals surface area contributed by atoms with Crippen LogP contribution in [0, 0.1) is 0 Å². The summed E-state index contributed by atoms with van der Waals surface area (Å²) >= 11 is 0. The summed E-state index contributed by atoms with van der Waals surface area (Å²) in [6.45, 7) is 0.150. The smallest absolute Gasteiger partial charge is 0.241 e. The van der Waals surface area contributed by atoms with Gasteiger partial charge in [-0.25, -0.2) is 0 Å². The number of carbonyl (C=O) groups excluding carboxylic acids is 1. The van der Waals surface area contributed by atoms with Gasteiger partial charge in [-0.05, 0) is 6.07 Å². The van der Waals surface area contributed by atoms with Gasteiger partial charge in [0.15, 0.2) is 0 Å². The minimum Gasteiger partial charge on any atom is -0.383 e. The predicted molar refractivity (Wildman–Crippen MR) is 77.9 cm³/mol. The fourth-order valence-corrected chi connectivity index (χ4v) is 1.89. The second-order valence-corrected chi connectivity index (χ2v) is 4.40. The van der Waals surface area contributed by atoms with Crippen molar-refractivity contribution in [1.29, 1.82) is 0 Å². The number of hydrogen-bond acceptors (Lipinski definition) is 6. The van der Waals surface area contributed by atoms with Crippen molar-refractivity contribution < 1.29 is 4.79 Å². The molecule has 9 heteroatoms. The van der Waals surface area contributed by atoms with Crippen LogP contribution < -0.4 is 16.4 Å². The number of nitrogens with one attached hydrogen (secondary N) is 3. The molecule has 0 atom stereocenters. The van der Waals surface area contributed by atoms with Gasteiger partial charge in [-0.1, -0.05) is 0 Å². The second kappa shape index (κ2) is 5.12. The number of hydrogen-bond donors (Lipinski definition) is 4. The van der Waals surface area contributed by atoms with Crippen LogP contribution in [0.3, 0.4) is 0 Å². The van der Waals surface area contributed by atoms with Crippen molar-refractivity contribution in [3.05, 3.63) is 24.7 Å². The summed E-state index contributed by atoms with van der Waals surface area (Å²) in [6.07, 6.45) is 5.02. The van der Waals surface area contributed by atoms with Crippen molar-refractivity contribution in [2.75, 3.05) is 18.1 Å². The monoisotopic (exact) mass is 286 g/mol. The first-order chi connectivity index (χ1) is 10.2. The van der Waals surface area contributed by atoms with Crippen molar-refractivity contribution in [3.8, 4) is 0 Å². The van der Waals surface area contributed by atoms with E-state index in [1.165, 1.54) is 4.68 Å². The molecule has 0 aliphatic heterocycles. The number of nitrogens with zero attached hydrogens (tertiary/aromatic N) is 4. The molecule has 108 valence electrons. The van der Waals surface area contributed by atoms with E-state index in [9.17, 15) is 4.79 Å². The molecule has 0 aromatic carbocycles. The van der Waals surface area contributed by atoms with Crippen LogP contribution in [0.15, 0.2) is 24.7 Å². The Morgan fingerprint density at radius 3 is 3.14 bits per heavy atom. The summed E-state index contributed by atoms with van der Waals surface area (Å²) in [6, 6.07) is 1.82. The maximum Gasteiger partial charge on any atom is 0.241 e. The van der Waals surface area contributed by atoms with Gasteiger partial charge in [0.05, 0.1) is 17.3 Å². The Morgan fingerprint density at radius 2 is 2.33 bits per heavy atom. The highest BCUT2D eigenvalue weighted by Gasteiger charge is 2.08. The Bertz CT molecular complexity index is 790. The van der Waals surface area contributed by atoms with Gasteiger partial charge in [-0.15, -0.1) is 0 Å². The molecule has 0 saturated carbocycles. The Morgan fingerprint density at radius 1 is 1.48 bits per heavy atom. The van der Waals surface area contributed by atoms with E-state index in [1.54, 1.807) is 25.6 Å². The van der Waals surface area contributed by atoms with Gasteiger partial charge in [-0.3, -0.25) is 9.48 Å². The third kappa shape index (κ3) is 2.61. The molecule has 0 unspecified atom stereocenters. The van der Waals surface area contributed by atoms with Crippen LogP contribution in [0.25, 0.3) is 11.0 Å². The van der Waals surface area contributed by atoms with E-state index in [0.29, 0.717) is 23.1 Å². The van der Waals surface area contributed by atoms with Crippen molar-refractivity contribution in [2.45, 2.75) is 6.54 Å². The SMILES string of the molecule is CNC(=O)Cn1cc(Nc2nc(N)c3cc[nH]c3n2)cn1. The van der Waals surface area contributed by atoms with Crippen molar-refractivity contribution in [1.82, 2.24) is 30.0 Å². The Hall–Kier alpha value is -3.10. The Balaban J connectivity index is 1.80. The van der Waals surface area contributed by atoms with Crippen LogP contribution in [-0.4, -0.2) is 37.7 Å².